The lowest BCUT2D eigenvalue weighted by Gasteiger charge is -2.49. The van der Waals surface area contributed by atoms with Crippen LogP contribution in [-0.2, 0) is 24.7 Å². The molecule has 1 aromatic carbocycles. The second kappa shape index (κ2) is 6.45. The number of benzene rings is 1. The molecule has 0 aromatic heterocycles. The molecule has 0 radical (unpaired) electrons. The van der Waals surface area contributed by atoms with Crippen molar-refractivity contribution in [3.05, 3.63) is 46.3 Å². The number of ether oxygens (including phenoxy) is 4. The van der Waals surface area contributed by atoms with Crippen LogP contribution in [0.2, 0.25) is 0 Å². The van der Waals surface area contributed by atoms with Gasteiger partial charge >= 0.3 is 0 Å². The van der Waals surface area contributed by atoms with Crippen molar-refractivity contribution >= 4 is 0 Å². The Balaban J connectivity index is 1.85. The van der Waals surface area contributed by atoms with Crippen molar-refractivity contribution in [2.45, 2.75) is 43.4 Å². The average Bonchev–Trinajstić information content (AvgIpc) is 2.59. The van der Waals surface area contributed by atoms with Crippen molar-refractivity contribution in [1.82, 2.24) is 0 Å². The van der Waals surface area contributed by atoms with E-state index in [2.05, 4.69) is 10.0 Å². The van der Waals surface area contributed by atoms with Crippen molar-refractivity contribution < 1.29 is 24.1 Å². The van der Waals surface area contributed by atoms with Crippen LogP contribution in [0, 0.1) is 0 Å². The molecule has 3 rings (SSSR count). The summed E-state index contributed by atoms with van der Waals surface area (Å²) >= 11 is 0. The summed E-state index contributed by atoms with van der Waals surface area (Å²) in [5.74, 6) is -1.01. The maximum absolute atomic E-state index is 10.6. The summed E-state index contributed by atoms with van der Waals surface area (Å²) in [5.41, 5.74) is 9.53. The van der Waals surface area contributed by atoms with Crippen molar-refractivity contribution in [1.29, 1.82) is 0 Å². The van der Waals surface area contributed by atoms with Crippen LogP contribution in [0.5, 0.6) is 0 Å². The first-order valence-electron chi connectivity index (χ1n) is 7.37. The van der Waals surface area contributed by atoms with Gasteiger partial charge in [-0.15, -0.1) is 0 Å². The summed E-state index contributed by atoms with van der Waals surface area (Å²) in [6.07, 6.45) is -3.08. The lowest BCUT2D eigenvalue weighted by atomic mass is 9.95. The topological polar surface area (TPSA) is 106 Å². The molecule has 0 bridgehead atoms. The highest BCUT2D eigenvalue weighted by atomic mass is 16.8. The highest BCUT2D eigenvalue weighted by molar-refractivity contribution is 5.20. The highest BCUT2D eigenvalue weighted by Crippen LogP contribution is 2.38. The third kappa shape index (κ3) is 2.92. The Hall–Kier alpha value is -1.67. The zero-order valence-electron chi connectivity index (χ0n) is 12.9. The van der Waals surface area contributed by atoms with Gasteiger partial charge in [0.1, 0.15) is 18.2 Å². The molecule has 0 aliphatic carbocycles. The molecule has 0 spiro atoms. The molecular formula is C15H19N3O5. The molecule has 2 saturated heterocycles. The van der Waals surface area contributed by atoms with E-state index in [1.807, 2.05) is 30.3 Å². The van der Waals surface area contributed by atoms with Crippen LogP contribution in [0.1, 0.15) is 12.5 Å². The predicted molar refractivity (Wildman–Crippen MR) is 79.2 cm³/mol. The van der Waals surface area contributed by atoms with Crippen molar-refractivity contribution in [3.63, 3.8) is 0 Å². The zero-order chi connectivity index (χ0) is 16.4. The monoisotopic (exact) mass is 321 g/mol. The van der Waals surface area contributed by atoms with Gasteiger partial charge in [0, 0.05) is 17.6 Å². The number of rotatable bonds is 3. The number of fused-ring (bicyclic) bond motifs is 1. The van der Waals surface area contributed by atoms with Crippen molar-refractivity contribution in [3.8, 4) is 0 Å². The summed E-state index contributed by atoms with van der Waals surface area (Å²) in [6.45, 7) is 2.02. The molecule has 2 heterocycles. The number of hydrogen-bond acceptors (Lipinski definition) is 6. The van der Waals surface area contributed by atoms with Crippen LogP contribution < -0.4 is 0 Å². The number of nitrogens with zero attached hydrogens (tertiary/aromatic N) is 3. The minimum Gasteiger partial charge on any atom is -0.390 e. The van der Waals surface area contributed by atoms with Gasteiger partial charge in [0.05, 0.1) is 12.7 Å². The van der Waals surface area contributed by atoms with Crippen LogP contribution in [0.4, 0.5) is 0 Å². The van der Waals surface area contributed by atoms with Crippen LogP contribution >= 0.6 is 0 Å². The van der Waals surface area contributed by atoms with Gasteiger partial charge in [0.2, 0.25) is 0 Å². The zero-order valence-corrected chi connectivity index (χ0v) is 12.9. The molecule has 8 nitrogen and oxygen atoms in total. The van der Waals surface area contributed by atoms with E-state index in [0.29, 0.717) is 0 Å². The molecule has 0 saturated carbocycles. The Morgan fingerprint density at radius 3 is 2.78 bits per heavy atom. The number of aliphatic hydroxyl groups is 1. The third-order valence-electron chi connectivity index (χ3n) is 4.24. The van der Waals surface area contributed by atoms with E-state index in [1.54, 1.807) is 6.92 Å². The number of aliphatic hydroxyl groups excluding tert-OH is 1. The molecule has 6 atom stereocenters. The minimum atomic E-state index is -1.05. The third-order valence-corrected chi connectivity index (χ3v) is 4.24. The predicted octanol–water partition coefficient (Wildman–Crippen LogP) is 1.69. The highest BCUT2D eigenvalue weighted by Gasteiger charge is 2.52. The van der Waals surface area contributed by atoms with Gasteiger partial charge in [-0.3, -0.25) is 0 Å². The molecule has 23 heavy (non-hydrogen) atoms. The summed E-state index contributed by atoms with van der Waals surface area (Å²) < 4.78 is 22.7. The summed E-state index contributed by atoms with van der Waals surface area (Å²) in [7, 11) is 1.43. The molecule has 1 N–H and O–H groups in total. The van der Waals surface area contributed by atoms with E-state index in [9.17, 15) is 5.11 Å². The van der Waals surface area contributed by atoms with Crippen LogP contribution in [0.15, 0.2) is 35.4 Å². The molecule has 0 unspecified atom stereocenters. The lowest BCUT2D eigenvalue weighted by Crippen LogP contribution is -2.63. The largest absolute Gasteiger partial charge is 0.390 e. The van der Waals surface area contributed by atoms with Gasteiger partial charge in [-0.2, -0.15) is 0 Å². The summed E-state index contributed by atoms with van der Waals surface area (Å²) in [4.78, 5) is 2.76. The molecule has 2 fully saturated rings. The SMILES string of the molecule is CO[C@@H]1O[C@@H]2CO[C@](C)(c3ccccc3)O[C@@H]2[C@@H](O)[C@H]1N=[N+]=[N-]. The second-order valence-electron chi connectivity index (χ2n) is 5.67. The maximum Gasteiger partial charge on any atom is 0.192 e. The Bertz CT molecular complexity index is 594. The summed E-state index contributed by atoms with van der Waals surface area (Å²) in [6, 6.07) is 8.56. The maximum atomic E-state index is 10.6. The molecular weight excluding hydrogens is 302 g/mol. The Morgan fingerprint density at radius 2 is 2.13 bits per heavy atom. The quantitative estimate of drug-likeness (QED) is 0.518. The number of methoxy groups -OCH3 is 1. The lowest BCUT2D eigenvalue weighted by molar-refractivity contribution is -0.376. The van der Waals surface area contributed by atoms with E-state index in [1.165, 1.54) is 7.11 Å². The first-order valence-corrected chi connectivity index (χ1v) is 7.37. The molecule has 124 valence electrons. The minimum absolute atomic E-state index is 0.232. The fraction of sp³-hybridized carbons (Fsp3) is 0.600. The van der Waals surface area contributed by atoms with Gasteiger partial charge in [-0.05, 0) is 12.5 Å². The average molecular weight is 321 g/mol. The van der Waals surface area contributed by atoms with Crippen LogP contribution in [0.25, 0.3) is 10.4 Å². The van der Waals surface area contributed by atoms with Crippen molar-refractivity contribution in [2.75, 3.05) is 13.7 Å². The molecule has 1 aromatic rings. The first kappa shape index (κ1) is 16.2. The van der Waals surface area contributed by atoms with E-state index < -0.39 is 36.4 Å². The van der Waals surface area contributed by atoms with E-state index >= 15 is 0 Å². The van der Waals surface area contributed by atoms with E-state index in [-0.39, 0.29) is 6.61 Å². The first-order chi connectivity index (χ1) is 11.1. The van der Waals surface area contributed by atoms with E-state index in [4.69, 9.17) is 24.5 Å². The summed E-state index contributed by atoms with van der Waals surface area (Å²) in [5, 5.41) is 14.2. The van der Waals surface area contributed by atoms with Gasteiger partial charge in [0.15, 0.2) is 12.1 Å². The Kier molecular flexibility index (Phi) is 4.54. The van der Waals surface area contributed by atoms with Gasteiger partial charge in [-0.25, -0.2) is 0 Å². The number of hydrogen-bond donors (Lipinski definition) is 1. The normalized spacial score (nSPS) is 40.0. The molecule has 2 aliphatic heterocycles. The Labute approximate surface area is 133 Å². The Morgan fingerprint density at radius 1 is 1.39 bits per heavy atom. The van der Waals surface area contributed by atoms with Gasteiger partial charge < -0.3 is 24.1 Å². The fourth-order valence-corrected chi connectivity index (χ4v) is 2.99. The fourth-order valence-electron chi connectivity index (χ4n) is 2.99. The standard InChI is InChI=1S/C15H19N3O5/c1-15(9-6-4-3-5-7-9)21-8-10-13(23-15)12(19)11(17-18-16)14(20-2)22-10/h3-7,10-14,19H,8H2,1-2H3/t10-,11-,12+,13+,14-,15+/m1/s1. The van der Waals surface area contributed by atoms with E-state index in [0.717, 1.165) is 5.56 Å². The molecule has 8 heteroatoms. The van der Waals surface area contributed by atoms with Gasteiger partial charge in [-0.1, -0.05) is 35.4 Å². The second-order valence-corrected chi connectivity index (χ2v) is 5.67. The number of azide groups is 1. The van der Waals surface area contributed by atoms with Crippen molar-refractivity contribution in [2.24, 2.45) is 5.11 Å². The molecule has 2 aliphatic rings. The smallest absolute Gasteiger partial charge is 0.192 e. The van der Waals surface area contributed by atoms with Crippen LogP contribution in [0.3, 0.4) is 0 Å². The molecule has 0 amide bonds. The van der Waals surface area contributed by atoms with Crippen LogP contribution in [-0.4, -0.2) is 49.5 Å². The van der Waals surface area contributed by atoms with Gasteiger partial charge in [0.25, 0.3) is 0 Å².